The van der Waals surface area contributed by atoms with Gasteiger partial charge in [-0.05, 0) is 38.5 Å². The summed E-state index contributed by atoms with van der Waals surface area (Å²) in [5.74, 6) is 0. The Morgan fingerprint density at radius 1 is 0.250 bits per heavy atom. The van der Waals surface area contributed by atoms with E-state index in [2.05, 4.69) is 41.5 Å². The Bertz CT molecular complexity index is 553. The fourth-order valence-electron chi connectivity index (χ4n) is 4.42. The normalized spacial score (nSPS) is 14.4. The molecule has 0 aliphatic heterocycles. The van der Waals surface area contributed by atoms with Crippen molar-refractivity contribution in [2.75, 3.05) is 132 Å². The first kappa shape index (κ1) is 47.5. The molecule has 0 aromatic heterocycles. The first-order valence-electron chi connectivity index (χ1n) is 18.8. The van der Waals surface area contributed by atoms with Crippen LogP contribution in [0.25, 0.3) is 0 Å². The van der Waals surface area contributed by atoms with Gasteiger partial charge in [-0.15, -0.1) is 0 Å². The van der Waals surface area contributed by atoms with E-state index >= 15 is 0 Å². The summed E-state index contributed by atoms with van der Waals surface area (Å²) in [6.45, 7) is 22.2. The number of rotatable bonds is 41. The lowest BCUT2D eigenvalue weighted by Gasteiger charge is -2.37. The van der Waals surface area contributed by atoms with Crippen LogP contribution in [-0.4, -0.2) is 157 Å². The number of hydrogen-bond acceptors (Lipinski definition) is 12. The summed E-state index contributed by atoms with van der Waals surface area (Å²) in [6.07, 6.45) is 3.50. The van der Waals surface area contributed by atoms with E-state index in [4.69, 9.17) is 56.8 Å². The molecule has 4 atom stereocenters. The Kier molecular flexibility index (Phi) is 38.9. The molecule has 0 aliphatic rings. The molecular formula is C36H74O12. The van der Waals surface area contributed by atoms with Gasteiger partial charge in [-0.3, -0.25) is 0 Å². The van der Waals surface area contributed by atoms with E-state index in [9.17, 15) is 0 Å². The number of hydrogen-bond donors (Lipinski definition) is 0. The van der Waals surface area contributed by atoms with E-state index in [1.165, 1.54) is 0 Å². The van der Waals surface area contributed by atoms with Gasteiger partial charge in [-0.1, -0.05) is 41.5 Å². The Balaban J connectivity index is 6.18. The fraction of sp³-hybridized carbons (Fsp3) is 1.00. The third-order valence-corrected chi connectivity index (χ3v) is 6.65. The minimum Gasteiger partial charge on any atom is -0.379 e. The molecule has 0 aliphatic carbocycles. The van der Waals surface area contributed by atoms with Gasteiger partial charge in [0.05, 0.1) is 92.5 Å². The highest BCUT2D eigenvalue weighted by molar-refractivity contribution is 4.87. The third kappa shape index (κ3) is 29.3. The van der Waals surface area contributed by atoms with Crippen molar-refractivity contribution in [3.8, 4) is 0 Å². The average molecular weight is 699 g/mol. The predicted octanol–water partition coefficient (Wildman–Crippen LogP) is 5.12. The van der Waals surface area contributed by atoms with Crippen molar-refractivity contribution < 1.29 is 56.8 Å². The van der Waals surface area contributed by atoms with Gasteiger partial charge >= 0.3 is 0 Å². The molecule has 0 saturated carbocycles. The summed E-state index contributed by atoms with van der Waals surface area (Å²) in [6, 6.07) is 0. The molecule has 0 aromatic carbocycles. The molecule has 290 valence electrons. The van der Waals surface area contributed by atoms with E-state index in [1.807, 2.05) is 0 Å². The maximum atomic E-state index is 6.59. The molecule has 0 heterocycles. The van der Waals surface area contributed by atoms with Crippen LogP contribution in [0.1, 0.15) is 80.1 Å². The second kappa shape index (κ2) is 39.3. The highest BCUT2D eigenvalue weighted by Gasteiger charge is 2.38. The molecule has 12 heteroatoms. The molecule has 0 amide bonds. The third-order valence-electron chi connectivity index (χ3n) is 6.65. The van der Waals surface area contributed by atoms with Gasteiger partial charge in [-0.25, -0.2) is 0 Å². The van der Waals surface area contributed by atoms with E-state index in [0.29, 0.717) is 119 Å². The smallest absolute Gasteiger partial charge is 0.115 e. The van der Waals surface area contributed by atoms with Crippen molar-refractivity contribution >= 4 is 0 Å². The van der Waals surface area contributed by atoms with E-state index < -0.39 is 24.4 Å². The van der Waals surface area contributed by atoms with Gasteiger partial charge in [0, 0.05) is 39.6 Å². The molecule has 0 radical (unpaired) electrons. The molecular weight excluding hydrogens is 624 g/mol. The SMILES string of the molecule is CCCOCCOCC(OCCOCCC)C(OCCOCCC)C(OCCOCCC)C(COCCOCCC)OCCOCCC. The molecule has 0 bridgehead atoms. The minimum atomic E-state index is -0.578. The standard InChI is InChI=1S/C36H74O12/c1-7-13-37-19-21-43-31-33(45-27-23-39-15-9-3)35(47-29-25-41-17-11-5)36(48-30-26-42-18-12-6)34(46-28-24-40-16-10-4)32-44-22-20-38-14-8-2/h33-36H,7-32H2,1-6H3. The van der Waals surface area contributed by atoms with Crippen LogP contribution in [0, 0.1) is 0 Å². The van der Waals surface area contributed by atoms with Crippen LogP contribution >= 0.6 is 0 Å². The van der Waals surface area contributed by atoms with Crippen molar-refractivity contribution in [2.24, 2.45) is 0 Å². The summed E-state index contributed by atoms with van der Waals surface area (Å²) < 4.78 is 72.6. The van der Waals surface area contributed by atoms with Crippen LogP contribution in [0.15, 0.2) is 0 Å². The summed E-state index contributed by atoms with van der Waals surface area (Å²) >= 11 is 0. The average Bonchev–Trinajstić information content (AvgIpc) is 3.09. The van der Waals surface area contributed by atoms with Gasteiger partial charge < -0.3 is 56.8 Å². The van der Waals surface area contributed by atoms with Crippen LogP contribution in [0.5, 0.6) is 0 Å². The first-order valence-corrected chi connectivity index (χ1v) is 18.8. The fourth-order valence-corrected chi connectivity index (χ4v) is 4.42. The zero-order valence-corrected chi connectivity index (χ0v) is 31.6. The van der Waals surface area contributed by atoms with Gasteiger partial charge in [-0.2, -0.15) is 0 Å². The van der Waals surface area contributed by atoms with Crippen molar-refractivity contribution in [1.29, 1.82) is 0 Å². The Morgan fingerprint density at radius 3 is 0.750 bits per heavy atom. The van der Waals surface area contributed by atoms with E-state index in [0.717, 1.165) is 38.5 Å². The zero-order valence-electron chi connectivity index (χ0n) is 31.6. The zero-order chi connectivity index (χ0) is 35.2. The first-order chi connectivity index (χ1) is 23.7. The lowest BCUT2D eigenvalue weighted by molar-refractivity contribution is -0.206. The molecule has 0 rings (SSSR count). The maximum Gasteiger partial charge on any atom is 0.115 e. The molecule has 0 aromatic rings. The van der Waals surface area contributed by atoms with Crippen LogP contribution < -0.4 is 0 Å². The van der Waals surface area contributed by atoms with E-state index in [-0.39, 0.29) is 13.2 Å². The topological polar surface area (TPSA) is 111 Å². The van der Waals surface area contributed by atoms with Crippen molar-refractivity contribution in [3.05, 3.63) is 0 Å². The lowest BCUT2D eigenvalue weighted by Crippen LogP contribution is -2.53. The van der Waals surface area contributed by atoms with Crippen LogP contribution in [0.4, 0.5) is 0 Å². The monoisotopic (exact) mass is 699 g/mol. The Morgan fingerprint density at radius 2 is 0.479 bits per heavy atom. The molecule has 0 fully saturated rings. The number of ether oxygens (including phenoxy) is 12. The molecule has 0 spiro atoms. The van der Waals surface area contributed by atoms with Crippen molar-refractivity contribution in [3.63, 3.8) is 0 Å². The predicted molar refractivity (Wildman–Crippen MR) is 187 cm³/mol. The second-order valence-corrected chi connectivity index (χ2v) is 11.3. The summed E-state index contributed by atoms with van der Waals surface area (Å²) in [7, 11) is 0. The van der Waals surface area contributed by atoms with Gasteiger partial charge in [0.25, 0.3) is 0 Å². The van der Waals surface area contributed by atoms with E-state index in [1.54, 1.807) is 0 Å². The molecule has 48 heavy (non-hydrogen) atoms. The molecule has 0 saturated heterocycles. The Hall–Kier alpha value is -0.480. The summed E-state index contributed by atoms with van der Waals surface area (Å²) in [4.78, 5) is 0. The minimum absolute atomic E-state index is 0.272. The highest BCUT2D eigenvalue weighted by Crippen LogP contribution is 2.20. The lowest BCUT2D eigenvalue weighted by atomic mass is 10.0. The van der Waals surface area contributed by atoms with Gasteiger partial charge in [0.15, 0.2) is 0 Å². The largest absolute Gasteiger partial charge is 0.379 e. The van der Waals surface area contributed by atoms with Gasteiger partial charge in [0.2, 0.25) is 0 Å². The van der Waals surface area contributed by atoms with Crippen molar-refractivity contribution in [2.45, 2.75) is 104 Å². The Labute approximate surface area is 293 Å². The van der Waals surface area contributed by atoms with Crippen molar-refractivity contribution in [1.82, 2.24) is 0 Å². The highest BCUT2D eigenvalue weighted by atomic mass is 16.6. The van der Waals surface area contributed by atoms with Crippen LogP contribution in [0.3, 0.4) is 0 Å². The van der Waals surface area contributed by atoms with Gasteiger partial charge in [0.1, 0.15) is 24.4 Å². The molecule has 12 nitrogen and oxygen atoms in total. The molecule has 4 unspecified atom stereocenters. The summed E-state index contributed by atoms with van der Waals surface area (Å²) in [5, 5.41) is 0. The maximum absolute atomic E-state index is 6.59. The quantitative estimate of drug-likeness (QED) is 0.0791. The molecule has 0 N–H and O–H groups in total. The summed E-state index contributed by atoms with van der Waals surface area (Å²) in [5.41, 5.74) is 0. The van der Waals surface area contributed by atoms with Crippen LogP contribution in [0.2, 0.25) is 0 Å². The van der Waals surface area contributed by atoms with Crippen LogP contribution in [-0.2, 0) is 56.8 Å². The second-order valence-electron chi connectivity index (χ2n) is 11.3.